The van der Waals surface area contributed by atoms with Gasteiger partial charge in [-0.15, -0.1) is 0 Å². The summed E-state index contributed by atoms with van der Waals surface area (Å²) in [6, 6.07) is 13.9. The molecule has 0 saturated carbocycles. The number of pyridine rings is 1. The smallest absolute Gasteiger partial charge is 0.243 e. The maximum absolute atomic E-state index is 13.9. The number of hydrogen-bond acceptors (Lipinski definition) is 4. The maximum Gasteiger partial charge on any atom is 0.243 e. The molecule has 180 valence electrons. The molecule has 6 nitrogen and oxygen atoms in total. The van der Waals surface area contributed by atoms with Crippen LogP contribution in [0.25, 0.3) is 11.0 Å². The van der Waals surface area contributed by atoms with E-state index in [4.69, 9.17) is 0 Å². The molecule has 0 aliphatic carbocycles. The van der Waals surface area contributed by atoms with Gasteiger partial charge in [0.1, 0.15) is 11.9 Å². The zero-order valence-corrected chi connectivity index (χ0v) is 19.7. The molecule has 0 spiro atoms. The van der Waals surface area contributed by atoms with E-state index in [1.165, 1.54) is 17.5 Å². The van der Waals surface area contributed by atoms with E-state index in [2.05, 4.69) is 44.5 Å². The fourth-order valence-electron chi connectivity index (χ4n) is 4.69. The number of benzene rings is 2. The molecule has 0 saturated heterocycles. The number of fused-ring (bicyclic) bond motifs is 2. The summed E-state index contributed by atoms with van der Waals surface area (Å²) in [6.07, 6.45) is 4.23. The number of carbonyl (C=O) groups is 1. The number of nitrogens with zero attached hydrogens (tertiary/aromatic N) is 4. The van der Waals surface area contributed by atoms with Crippen LogP contribution in [0.15, 0.2) is 61.1 Å². The number of imidazole rings is 1. The monoisotopic (exact) mass is 475 g/mol. The van der Waals surface area contributed by atoms with Crippen molar-refractivity contribution in [2.75, 3.05) is 11.4 Å². The molecule has 2 aromatic heterocycles. The van der Waals surface area contributed by atoms with Crippen LogP contribution < -0.4 is 10.2 Å². The highest BCUT2D eigenvalue weighted by Gasteiger charge is 2.26. The summed E-state index contributed by atoms with van der Waals surface area (Å²) in [7, 11) is 0. The highest BCUT2D eigenvalue weighted by molar-refractivity contribution is 5.84. The first-order valence-corrected chi connectivity index (χ1v) is 11.8. The van der Waals surface area contributed by atoms with Crippen LogP contribution in [-0.2, 0) is 24.3 Å². The molecular weight excluding hydrogens is 448 g/mol. The molecule has 1 atom stereocenters. The van der Waals surface area contributed by atoms with Gasteiger partial charge in [0.25, 0.3) is 0 Å². The third-order valence-electron chi connectivity index (χ3n) is 6.55. The first-order valence-electron chi connectivity index (χ1n) is 11.8. The van der Waals surface area contributed by atoms with Crippen molar-refractivity contribution in [3.63, 3.8) is 0 Å². The minimum absolute atomic E-state index is 0.0944. The molecule has 35 heavy (non-hydrogen) atoms. The van der Waals surface area contributed by atoms with Crippen LogP contribution in [-0.4, -0.2) is 27.0 Å². The van der Waals surface area contributed by atoms with Gasteiger partial charge in [-0.05, 0) is 35.1 Å². The van der Waals surface area contributed by atoms with Crippen LogP contribution in [0.3, 0.4) is 0 Å². The molecule has 0 bridgehead atoms. The summed E-state index contributed by atoms with van der Waals surface area (Å²) in [4.78, 5) is 24.2. The van der Waals surface area contributed by atoms with Crippen molar-refractivity contribution >= 4 is 22.8 Å². The Balaban J connectivity index is 1.27. The molecule has 5 rings (SSSR count). The molecule has 1 aliphatic rings. The molecule has 4 aromatic rings. The van der Waals surface area contributed by atoms with Gasteiger partial charge in [-0.3, -0.25) is 4.79 Å². The predicted octanol–water partition coefficient (Wildman–Crippen LogP) is 4.79. The molecule has 8 heteroatoms. The van der Waals surface area contributed by atoms with Crippen LogP contribution in [0.4, 0.5) is 14.6 Å². The zero-order valence-electron chi connectivity index (χ0n) is 19.7. The van der Waals surface area contributed by atoms with Crippen molar-refractivity contribution in [2.45, 2.75) is 39.4 Å². The van der Waals surface area contributed by atoms with Gasteiger partial charge < -0.3 is 14.8 Å². The molecule has 3 heterocycles. The Hall–Kier alpha value is -3.81. The lowest BCUT2D eigenvalue weighted by molar-refractivity contribution is -0.125. The second kappa shape index (κ2) is 9.44. The van der Waals surface area contributed by atoms with E-state index in [1.807, 2.05) is 26.0 Å². The Bertz CT molecular complexity index is 1370. The van der Waals surface area contributed by atoms with Gasteiger partial charge in [0.2, 0.25) is 5.91 Å². The predicted molar refractivity (Wildman–Crippen MR) is 131 cm³/mol. The van der Waals surface area contributed by atoms with Crippen molar-refractivity contribution in [3.8, 4) is 0 Å². The number of amides is 1. The van der Waals surface area contributed by atoms with E-state index in [0.29, 0.717) is 17.6 Å². The Kier molecular flexibility index (Phi) is 6.19. The van der Waals surface area contributed by atoms with Gasteiger partial charge in [-0.25, -0.2) is 18.7 Å². The zero-order chi connectivity index (χ0) is 24.5. The van der Waals surface area contributed by atoms with E-state index in [1.54, 1.807) is 10.8 Å². The third kappa shape index (κ3) is 4.60. The quantitative estimate of drug-likeness (QED) is 0.436. The van der Waals surface area contributed by atoms with Crippen LogP contribution in [0.2, 0.25) is 0 Å². The van der Waals surface area contributed by atoms with Crippen molar-refractivity contribution in [1.82, 2.24) is 19.9 Å². The van der Waals surface area contributed by atoms with Crippen LogP contribution in [0.5, 0.6) is 0 Å². The number of nitrogens with one attached hydrogen (secondary N) is 1. The van der Waals surface area contributed by atoms with E-state index < -0.39 is 17.7 Å². The van der Waals surface area contributed by atoms with Crippen LogP contribution in [0.1, 0.15) is 36.6 Å². The summed E-state index contributed by atoms with van der Waals surface area (Å²) < 4.78 is 29.0. The second-order valence-corrected chi connectivity index (χ2v) is 9.28. The highest BCUT2D eigenvalue weighted by atomic mass is 19.2. The molecule has 2 aromatic carbocycles. The average Bonchev–Trinajstić information content (AvgIpc) is 3.24. The second-order valence-electron chi connectivity index (χ2n) is 9.28. The SMILES string of the molecule is CC(C)C(C(=O)NCc1ccc(N2CCc3ccccc3C2)nc1)n1cnc2cc(F)c(F)cc21. The van der Waals surface area contributed by atoms with Crippen LogP contribution in [0, 0.1) is 17.6 Å². The van der Waals surface area contributed by atoms with Gasteiger partial charge in [-0.1, -0.05) is 44.2 Å². The minimum atomic E-state index is -0.967. The van der Waals surface area contributed by atoms with E-state index in [-0.39, 0.29) is 11.8 Å². The average molecular weight is 476 g/mol. The maximum atomic E-state index is 13.9. The number of halogens is 2. The molecule has 1 N–H and O–H groups in total. The van der Waals surface area contributed by atoms with Gasteiger partial charge in [0, 0.05) is 38.0 Å². The minimum Gasteiger partial charge on any atom is -0.352 e. The fraction of sp³-hybridized carbons (Fsp3) is 0.296. The Morgan fingerprint density at radius 3 is 2.57 bits per heavy atom. The van der Waals surface area contributed by atoms with Crippen molar-refractivity contribution in [1.29, 1.82) is 0 Å². The Labute approximate surface area is 202 Å². The standard InChI is InChI=1S/C27H27F2N5O/c1-17(2)26(34-16-32-23-11-21(28)22(29)12-24(23)34)27(35)31-14-18-7-8-25(30-13-18)33-10-9-19-5-3-4-6-20(19)15-33/h3-8,11-13,16-17,26H,9-10,14-15H2,1-2H3,(H,31,35). The lowest BCUT2D eigenvalue weighted by atomic mass is 10.00. The summed E-state index contributed by atoms with van der Waals surface area (Å²) in [5.74, 6) is -1.33. The molecular formula is C27H27F2N5O. The summed E-state index contributed by atoms with van der Waals surface area (Å²) in [6.45, 7) is 5.87. The first kappa shape index (κ1) is 23.0. The number of hydrogen-bond donors (Lipinski definition) is 1. The van der Waals surface area contributed by atoms with E-state index in [9.17, 15) is 13.6 Å². The number of aromatic nitrogens is 3. The van der Waals surface area contributed by atoms with Crippen molar-refractivity contribution < 1.29 is 13.6 Å². The number of rotatable bonds is 6. The fourth-order valence-corrected chi connectivity index (χ4v) is 4.69. The number of carbonyl (C=O) groups excluding carboxylic acids is 1. The molecule has 1 amide bonds. The molecule has 0 fully saturated rings. The van der Waals surface area contributed by atoms with E-state index >= 15 is 0 Å². The normalized spacial score (nSPS) is 14.3. The number of anilines is 1. The van der Waals surface area contributed by atoms with Gasteiger partial charge in [0.15, 0.2) is 11.6 Å². The highest BCUT2D eigenvalue weighted by Crippen LogP contribution is 2.26. The topological polar surface area (TPSA) is 63.1 Å². The third-order valence-corrected chi connectivity index (χ3v) is 6.55. The largest absolute Gasteiger partial charge is 0.352 e. The Morgan fingerprint density at radius 1 is 1.06 bits per heavy atom. The van der Waals surface area contributed by atoms with E-state index in [0.717, 1.165) is 43.0 Å². The molecule has 1 aliphatic heterocycles. The lowest BCUT2D eigenvalue weighted by Crippen LogP contribution is -2.35. The van der Waals surface area contributed by atoms with Gasteiger partial charge in [0.05, 0.1) is 17.4 Å². The molecule has 1 unspecified atom stereocenters. The van der Waals surface area contributed by atoms with Crippen molar-refractivity contribution in [3.05, 3.63) is 89.4 Å². The summed E-state index contributed by atoms with van der Waals surface area (Å²) >= 11 is 0. The summed E-state index contributed by atoms with van der Waals surface area (Å²) in [5.41, 5.74) is 4.28. The first-order chi connectivity index (χ1) is 16.9. The van der Waals surface area contributed by atoms with Gasteiger partial charge >= 0.3 is 0 Å². The van der Waals surface area contributed by atoms with Crippen molar-refractivity contribution in [2.24, 2.45) is 5.92 Å². The Morgan fingerprint density at radius 2 is 1.83 bits per heavy atom. The van der Waals surface area contributed by atoms with Gasteiger partial charge in [-0.2, -0.15) is 0 Å². The molecule has 0 radical (unpaired) electrons. The summed E-state index contributed by atoms with van der Waals surface area (Å²) in [5, 5.41) is 2.96. The lowest BCUT2D eigenvalue weighted by Gasteiger charge is -2.29. The van der Waals surface area contributed by atoms with Crippen LogP contribution >= 0.6 is 0 Å².